The van der Waals surface area contributed by atoms with Crippen LogP contribution in [0.15, 0.2) is 12.3 Å². The highest BCUT2D eigenvalue weighted by Gasteiger charge is 2.24. The van der Waals surface area contributed by atoms with Crippen LogP contribution in [0, 0.1) is 0 Å². The van der Waals surface area contributed by atoms with Gasteiger partial charge in [0.15, 0.2) is 0 Å². The summed E-state index contributed by atoms with van der Waals surface area (Å²) in [6, 6.07) is 2.01. The number of hydrogen-bond acceptors (Lipinski definition) is 6. The molecule has 0 saturated carbocycles. The number of rotatable bonds is 4. The predicted octanol–water partition coefficient (Wildman–Crippen LogP) is 0.821. The third-order valence-corrected chi connectivity index (χ3v) is 5.53. The topological polar surface area (TPSA) is 55.8 Å². The number of anilines is 2. The van der Waals surface area contributed by atoms with E-state index in [1.165, 1.54) is 12.8 Å². The fourth-order valence-corrected chi connectivity index (χ4v) is 3.98. The maximum absolute atomic E-state index is 12.3. The molecule has 4 rings (SSSR count). The highest BCUT2D eigenvalue weighted by atomic mass is 16.2. The summed E-state index contributed by atoms with van der Waals surface area (Å²) >= 11 is 0. The van der Waals surface area contributed by atoms with Crippen molar-refractivity contribution >= 4 is 17.7 Å². The van der Waals surface area contributed by atoms with Crippen LogP contribution in [0.1, 0.15) is 25.7 Å². The zero-order valence-corrected chi connectivity index (χ0v) is 14.9. The van der Waals surface area contributed by atoms with Gasteiger partial charge < -0.3 is 14.7 Å². The molecule has 0 aromatic carbocycles. The molecule has 0 spiro atoms. The monoisotopic (exact) mass is 344 g/mol. The van der Waals surface area contributed by atoms with Gasteiger partial charge in [-0.25, -0.2) is 4.98 Å². The molecule has 0 unspecified atom stereocenters. The lowest BCUT2D eigenvalue weighted by molar-refractivity contribution is -0.131. The molecule has 1 aromatic rings. The summed E-state index contributed by atoms with van der Waals surface area (Å²) in [6.07, 6.45) is 6.69. The highest BCUT2D eigenvalue weighted by molar-refractivity contribution is 5.78. The van der Waals surface area contributed by atoms with Gasteiger partial charge in [-0.15, -0.1) is 0 Å². The minimum Gasteiger partial charge on any atom is -0.356 e. The molecule has 7 nitrogen and oxygen atoms in total. The molecule has 0 N–H and O–H groups in total. The Labute approximate surface area is 149 Å². The van der Waals surface area contributed by atoms with Gasteiger partial charge in [-0.1, -0.05) is 0 Å². The number of likely N-dealkylation sites (tertiary alicyclic amines) is 1. The lowest BCUT2D eigenvalue weighted by Gasteiger charge is -2.35. The van der Waals surface area contributed by atoms with E-state index in [4.69, 9.17) is 4.98 Å². The Morgan fingerprint density at radius 1 is 0.880 bits per heavy atom. The van der Waals surface area contributed by atoms with E-state index in [2.05, 4.69) is 19.7 Å². The fraction of sp³-hybridized carbons (Fsp3) is 0.722. The molecule has 3 aliphatic rings. The van der Waals surface area contributed by atoms with Crippen molar-refractivity contribution in [2.24, 2.45) is 0 Å². The summed E-state index contributed by atoms with van der Waals surface area (Å²) in [5.41, 5.74) is 0. The SMILES string of the molecule is O=C(CN1CCN(c2nccc(N3CCCC3)n2)CC1)N1CCCC1. The van der Waals surface area contributed by atoms with Gasteiger partial charge in [-0.05, 0) is 31.7 Å². The summed E-state index contributed by atoms with van der Waals surface area (Å²) in [5.74, 6) is 2.17. The standard InChI is InChI=1S/C18H28N6O/c25-17(23-9-3-4-10-23)15-21-11-13-24(14-12-21)18-19-6-5-16(20-18)22-7-1-2-8-22/h5-6H,1-4,7-15H2. The van der Waals surface area contributed by atoms with Gasteiger partial charge in [0.1, 0.15) is 5.82 Å². The van der Waals surface area contributed by atoms with Gasteiger partial charge in [0.25, 0.3) is 0 Å². The Balaban J connectivity index is 1.31. The van der Waals surface area contributed by atoms with E-state index >= 15 is 0 Å². The van der Waals surface area contributed by atoms with Crippen molar-refractivity contribution in [3.05, 3.63) is 12.3 Å². The molecule has 0 bridgehead atoms. The van der Waals surface area contributed by atoms with Crippen molar-refractivity contribution in [1.29, 1.82) is 0 Å². The Bertz CT molecular complexity index is 589. The Morgan fingerprint density at radius 3 is 2.28 bits per heavy atom. The molecule has 3 fully saturated rings. The average Bonchev–Trinajstić information content (AvgIpc) is 3.36. The van der Waals surface area contributed by atoms with Crippen molar-refractivity contribution in [1.82, 2.24) is 19.8 Å². The van der Waals surface area contributed by atoms with Crippen molar-refractivity contribution in [3.8, 4) is 0 Å². The third kappa shape index (κ3) is 3.86. The minimum atomic E-state index is 0.290. The van der Waals surface area contributed by atoms with Gasteiger partial charge in [-0.3, -0.25) is 9.69 Å². The number of hydrogen-bond donors (Lipinski definition) is 0. The highest BCUT2D eigenvalue weighted by Crippen LogP contribution is 2.20. The number of piperazine rings is 1. The zero-order chi connectivity index (χ0) is 17.1. The molecule has 136 valence electrons. The third-order valence-electron chi connectivity index (χ3n) is 5.53. The molecular weight excluding hydrogens is 316 g/mol. The summed E-state index contributed by atoms with van der Waals surface area (Å²) in [6.45, 7) is 8.21. The Morgan fingerprint density at radius 2 is 1.56 bits per heavy atom. The van der Waals surface area contributed by atoms with E-state index in [9.17, 15) is 4.79 Å². The summed E-state index contributed by atoms with van der Waals surface area (Å²) in [4.78, 5) is 30.4. The van der Waals surface area contributed by atoms with Crippen LogP contribution in [0.25, 0.3) is 0 Å². The van der Waals surface area contributed by atoms with Gasteiger partial charge in [0, 0.05) is 58.6 Å². The van der Waals surface area contributed by atoms with E-state index in [-0.39, 0.29) is 0 Å². The Hall–Kier alpha value is -1.89. The van der Waals surface area contributed by atoms with E-state index in [0.29, 0.717) is 12.5 Å². The molecule has 3 saturated heterocycles. The second-order valence-corrected chi connectivity index (χ2v) is 7.26. The van der Waals surface area contributed by atoms with Crippen LogP contribution in [0.3, 0.4) is 0 Å². The van der Waals surface area contributed by atoms with E-state index in [1.54, 1.807) is 0 Å². The molecule has 25 heavy (non-hydrogen) atoms. The summed E-state index contributed by atoms with van der Waals surface area (Å²) in [5, 5.41) is 0. The number of carbonyl (C=O) groups is 1. The van der Waals surface area contributed by atoms with Crippen molar-refractivity contribution in [2.45, 2.75) is 25.7 Å². The van der Waals surface area contributed by atoms with Crippen LogP contribution < -0.4 is 9.80 Å². The zero-order valence-electron chi connectivity index (χ0n) is 14.9. The maximum atomic E-state index is 12.3. The van der Waals surface area contributed by atoms with Crippen molar-refractivity contribution in [3.63, 3.8) is 0 Å². The number of amides is 1. The van der Waals surface area contributed by atoms with Gasteiger partial charge in [-0.2, -0.15) is 4.98 Å². The lowest BCUT2D eigenvalue weighted by atomic mass is 10.3. The van der Waals surface area contributed by atoms with E-state index in [1.807, 2.05) is 17.2 Å². The molecule has 3 aliphatic heterocycles. The first-order chi connectivity index (χ1) is 12.3. The first kappa shape index (κ1) is 16.6. The molecule has 0 atom stereocenters. The molecule has 7 heteroatoms. The minimum absolute atomic E-state index is 0.290. The van der Waals surface area contributed by atoms with Crippen LogP contribution >= 0.6 is 0 Å². The quantitative estimate of drug-likeness (QED) is 0.806. The van der Waals surface area contributed by atoms with Crippen molar-refractivity contribution in [2.75, 3.05) is 68.7 Å². The van der Waals surface area contributed by atoms with Crippen LogP contribution in [0.4, 0.5) is 11.8 Å². The molecule has 4 heterocycles. The number of aromatic nitrogens is 2. The number of carbonyl (C=O) groups excluding carboxylic acids is 1. The smallest absolute Gasteiger partial charge is 0.236 e. The van der Waals surface area contributed by atoms with E-state index in [0.717, 1.165) is 77.0 Å². The normalized spacial score (nSPS) is 22.0. The van der Waals surface area contributed by atoms with Crippen LogP contribution in [0.2, 0.25) is 0 Å². The fourth-order valence-electron chi connectivity index (χ4n) is 3.98. The maximum Gasteiger partial charge on any atom is 0.236 e. The van der Waals surface area contributed by atoms with Gasteiger partial charge in [0.2, 0.25) is 11.9 Å². The number of nitrogens with zero attached hydrogens (tertiary/aromatic N) is 6. The summed E-state index contributed by atoms with van der Waals surface area (Å²) < 4.78 is 0. The molecule has 0 radical (unpaired) electrons. The average molecular weight is 344 g/mol. The second-order valence-electron chi connectivity index (χ2n) is 7.26. The van der Waals surface area contributed by atoms with Crippen LogP contribution in [-0.2, 0) is 4.79 Å². The molecule has 0 aliphatic carbocycles. The lowest BCUT2D eigenvalue weighted by Crippen LogP contribution is -2.50. The van der Waals surface area contributed by atoms with Crippen LogP contribution in [0.5, 0.6) is 0 Å². The van der Waals surface area contributed by atoms with Gasteiger partial charge in [0.05, 0.1) is 6.54 Å². The van der Waals surface area contributed by atoms with E-state index < -0.39 is 0 Å². The van der Waals surface area contributed by atoms with Crippen LogP contribution in [-0.4, -0.2) is 84.6 Å². The van der Waals surface area contributed by atoms with Crippen molar-refractivity contribution < 1.29 is 4.79 Å². The largest absolute Gasteiger partial charge is 0.356 e. The molecular formula is C18H28N6O. The second kappa shape index (κ2) is 7.56. The Kier molecular flexibility index (Phi) is 5.01. The molecule has 1 aromatic heterocycles. The predicted molar refractivity (Wildman–Crippen MR) is 97.9 cm³/mol. The first-order valence-corrected chi connectivity index (χ1v) is 9.63. The summed E-state index contributed by atoms with van der Waals surface area (Å²) in [7, 11) is 0. The molecule has 1 amide bonds. The van der Waals surface area contributed by atoms with Gasteiger partial charge >= 0.3 is 0 Å². The first-order valence-electron chi connectivity index (χ1n) is 9.63.